The molecule has 0 aliphatic rings. The second-order valence-electron chi connectivity index (χ2n) is 9.44. The smallest absolute Gasteiger partial charge is 0.218 e. The number of amides is 1. The molecule has 1 unspecified atom stereocenters. The van der Waals surface area contributed by atoms with Gasteiger partial charge in [-0.05, 0) is 69.9 Å². The van der Waals surface area contributed by atoms with Gasteiger partial charge >= 0.3 is 0 Å². The van der Waals surface area contributed by atoms with E-state index < -0.39 is 5.54 Å². The normalized spacial score (nSPS) is 13.1. The summed E-state index contributed by atoms with van der Waals surface area (Å²) >= 11 is 6.38. The molecule has 1 amide bonds. The van der Waals surface area contributed by atoms with Crippen LogP contribution in [0.15, 0.2) is 85.3 Å². The number of carbonyl (C=O) groups excluding carboxylic acids is 1. The van der Waals surface area contributed by atoms with Crippen molar-refractivity contribution in [3.63, 3.8) is 0 Å². The number of fused-ring (bicyclic) bond motifs is 3. The zero-order valence-corrected chi connectivity index (χ0v) is 21.8. The number of hydrogen-bond donors (Lipinski definition) is 1. The van der Waals surface area contributed by atoms with Crippen LogP contribution in [0.2, 0.25) is 5.02 Å². The number of rotatable bonds is 5. The fourth-order valence-corrected chi connectivity index (χ4v) is 5.37. The van der Waals surface area contributed by atoms with Crippen molar-refractivity contribution in [2.75, 3.05) is 0 Å². The number of pyridine rings is 1. The fourth-order valence-electron chi connectivity index (χ4n) is 5.18. The zero-order chi connectivity index (χ0) is 26.4. The summed E-state index contributed by atoms with van der Waals surface area (Å²) in [6, 6.07) is 23.9. The maximum absolute atomic E-state index is 12.8. The van der Waals surface area contributed by atoms with Crippen LogP contribution in [0, 0.1) is 6.92 Å². The molecular formula is C29H24ClN7O. The summed E-state index contributed by atoms with van der Waals surface area (Å²) in [7, 11) is 1.93. The number of nitrogens with one attached hydrogen (secondary N) is 1. The minimum atomic E-state index is -1.01. The molecule has 38 heavy (non-hydrogen) atoms. The van der Waals surface area contributed by atoms with E-state index in [1.807, 2.05) is 85.3 Å². The van der Waals surface area contributed by atoms with Gasteiger partial charge in [-0.25, -0.2) is 4.98 Å². The van der Waals surface area contributed by atoms with Crippen LogP contribution in [0.1, 0.15) is 29.3 Å². The van der Waals surface area contributed by atoms with Crippen molar-refractivity contribution >= 4 is 34.1 Å². The van der Waals surface area contributed by atoms with E-state index in [2.05, 4.69) is 31.9 Å². The Morgan fingerprint density at radius 2 is 1.79 bits per heavy atom. The molecule has 9 heteroatoms. The minimum absolute atomic E-state index is 0.169. The molecule has 8 nitrogen and oxygen atoms in total. The molecule has 0 saturated carbocycles. The number of tetrazole rings is 1. The average molecular weight is 522 g/mol. The zero-order valence-electron chi connectivity index (χ0n) is 21.1. The molecule has 3 heterocycles. The molecular weight excluding hydrogens is 498 g/mol. The van der Waals surface area contributed by atoms with E-state index in [9.17, 15) is 4.79 Å². The van der Waals surface area contributed by atoms with Crippen LogP contribution in [0.25, 0.3) is 27.7 Å². The van der Waals surface area contributed by atoms with E-state index >= 15 is 0 Å². The second kappa shape index (κ2) is 9.08. The molecule has 0 radical (unpaired) electrons. The SMILES string of the molecule is CC(=O)NC(c1ccc(C)cc1)(c1ccc2c(c1)c(-c1cccc(Cl)c1)cc1nnnn12)c1cncn1C. The van der Waals surface area contributed by atoms with Crippen LogP contribution < -0.4 is 5.32 Å². The van der Waals surface area contributed by atoms with Crippen LogP contribution >= 0.6 is 11.6 Å². The van der Waals surface area contributed by atoms with Gasteiger partial charge in [0.2, 0.25) is 5.91 Å². The average Bonchev–Trinajstić information content (AvgIpc) is 3.56. The lowest BCUT2D eigenvalue weighted by Crippen LogP contribution is -2.48. The molecule has 1 N–H and O–H groups in total. The number of aryl methyl sites for hydroxylation is 2. The van der Waals surface area contributed by atoms with E-state index in [0.717, 1.165) is 44.4 Å². The molecule has 1 atom stereocenters. The van der Waals surface area contributed by atoms with Crippen molar-refractivity contribution in [1.29, 1.82) is 0 Å². The Hall–Kier alpha value is -4.56. The second-order valence-corrected chi connectivity index (χ2v) is 9.87. The van der Waals surface area contributed by atoms with Crippen molar-refractivity contribution in [3.8, 4) is 11.1 Å². The van der Waals surface area contributed by atoms with Gasteiger partial charge in [0.25, 0.3) is 0 Å². The lowest BCUT2D eigenvalue weighted by atomic mass is 9.78. The highest BCUT2D eigenvalue weighted by atomic mass is 35.5. The summed E-state index contributed by atoms with van der Waals surface area (Å²) in [5.41, 5.74) is 6.03. The Kier molecular flexibility index (Phi) is 5.69. The highest BCUT2D eigenvalue weighted by Gasteiger charge is 2.40. The third-order valence-corrected chi connectivity index (χ3v) is 7.13. The van der Waals surface area contributed by atoms with Gasteiger partial charge in [-0.2, -0.15) is 4.52 Å². The number of imidazole rings is 1. The summed E-state index contributed by atoms with van der Waals surface area (Å²) in [6.45, 7) is 3.57. The van der Waals surface area contributed by atoms with E-state index in [4.69, 9.17) is 11.6 Å². The van der Waals surface area contributed by atoms with Gasteiger partial charge < -0.3 is 9.88 Å². The summed E-state index contributed by atoms with van der Waals surface area (Å²) in [5, 5.41) is 17.1. The molecule has 0 aliphatic heterocycles. The van der Waals surface area contributed by atoms with E-state index in [-0.39, 0.29) is 5.91 Å². The first-order valence-electron chi connectivity index (χ1n) is 12.1. The third kappa shape index (κ3) is 3.81. The van der Waals surface area contributed by atoms with Crippen LogP contribution in [-0.4, -0.2) is 35.5 Å². The van der Waals surface area contributed by atoms with E-state index in [1.165, 1.54) is 6.92 Å². The molecule has 0 bridgehead atoms. The number of aromatic nitrogens is 6. The summed E-state index contributed by atoms with van der Waals surface area (Å²) < 4.78 is 3.64. The van der Waals surface area contributed by atoms with Gasteiger partial charge in [0, 0.05) is 24.4 Å². The van der Waals surface area contributed by atoms with Crippen molar-refractivity contribution < 1.29 is 4.79 Å². The predicted octanol–water partition coefficient (Wildman–Crippen LogP) is 5.07. The van der Waals surface area contributed by atoms with Crippen molar-refractivity contribution in [2.24, 2.45) is 7.05 Å². The van der Waals surface area contributed by atoms with Gasteiger partial charge in [0.1, 0.15) is 5.54 Å². The van der Waals surface area contributed by atoms with Gasteiger partial charge in [-0.15, -0.1) is 5.10 Å². The highest BCUT2D eigenvalue weighted by Crippen LogP contribution is 2.40. The highest BCUT2D eigenvalue weighted by molar-refractivity contribution is 6.30. The fraction of sp³-hybridized carbons (Fsp3) is 0.138. The summed E-state index contributed by atoms with van der Waals surface area (Å²) in [4.78, 5) is 17.2. The van der Waals surface area contributed by atoms with Crippen LogP contribution in [0.5, 0.6) is 0 Å². The van der Waals surface area contributed by atoms with E-state index in [0.29, 0.717) is 10.7 Å². The molecule has 6 rings (SSSR count). The van der Waals surface area contributed by atoms with Gasteiger partial charge in [0.15, 0.2) is 5.65 Å². The third-order valence-electron chi connectivity index (χ3n) is 6.90. The summed E-state index contributed by atoms with van der Waals surface area (Å²) in [6.07, 6.45) is 3.53. The van der Waals surface area contributed by atoms with Gasteiger partial charge in [-0.3, -0.25) is 4.79 Å². The lowest BCUT2D eigenvalue weighted by molar-refractivity contribution is -0.120. The van der Waals surface area contributed by atoms with Crippen molar-refractivity contribution in [2.45, 2.75) is 19.4 Å². The molecule has 0 aliphatic carbocycles. The Morgan fingerprint density at radius 1 is 1.00 bits per heavy atom. The minimum Gasteiger partial charge on any atom is -0.337 e. The van der Waals surface area contributed by atoms with Crippen molar-refractivity contribution in [1.82, 2.24) is 34.9 Å². The maximum atomic E-state index is 12.8. The number of halogens is 1. The first-order valence-corrected chi connectivity index (χ1v) is 12.5. The Labute approximate surface area is 223 Å². The maximum Gasteiger partial charge on any atom is 0.218 e. The largest absolute Gasteiger partial charge is 0.337 e. The monoisotopic (exact) mass is 521 g/mol. The van der Waals surface area contributed by atoms with Crippen LogP contribution in [0.3, 0.4) is 0 Å². The summed E-state index contributed by atoms with van der Waals surface area (Å²) in [5.74, 6) is -0.169. The van der Waals surface area contributed by atoms with Crippen LogP contribution in [0.4, 0.5) is 0 Å². The van der Waals surface area contributed by atoms with Gasteiger partial charge in [0.05, 0.1) is 23.7 Å². The lowest BCUT2D eigenvalue weighted by Gasteiger charge is -2.36. The predicted molar refractivity (Wildman–Crippen MR) is 147 cm³/mol. The standard InChI is InChI=1S/C29H24ClN7O/c1-18-7-9-21(10-8-18)29(32-19(2)38,27-16-31-17-36(27)3)22-11-12-26-25(14-22)24(15-28-33-34-35-37(26)28)20-5-4-6-23(30)13-20/h4-17H,1-3H3,(H,32,38). The Bertz CT molecular complexity index is 1820. The molecule has 0 fully saturated rings. The number of nitrogens with zero attached hydrogens (tertiary/aromatic N) is 6. The number of hydrogen-bond acceptors (Lipinski definition) is 5. The number of benzene rings is 3. The molecule has 3 aromatic carbocycles. The molecule has 3 aromatic heterocycles. The topological polar surface area (TPSA) is 90.0 Å². The Balaban J connectivity index is 1.72. The molecule has 6 aromatic rings. The number of carbonyl (C=O) groups is 1. The van der Waals surface area contributed by atoms with Gasteiger partial charge in [-0.1, -0.05) is 59.6 Å². The first kappa shape index (κ1) is 23.8. The Morgan fingerprint density at radius 3 is 2.50 bits per heavy atom. The van der Waals surface area contributed by atoms with E-state index in [1.54, 1.807) is 17.0 Å². The molecule has 0 spiro atoms. The van der Waals surface area contributed by atoms with Crippen molar-refractivity contribution in [3.05, 3.63) is 113 Å². The first-order chi connectivity index (χ1) is 18.4. The molecule has 188 valence electrons. The van der Waals surface area contributed by atoms with Crippen LogP contribution in [-0.2, 0) is 17.4 Å². The quantitative estimate of drug-likeness (QED) is 0.342. The molecule has 0 saturated heterocycles.